The normalized spacial score (nSPS) is 18.9. The van der Waals surface area contributed by atoms with E-state index in [1.165, 1.54) is 36.0 Å². The summed E-state index contributed by atoms with van der Waals surface area (Å²) in [5, 5.41) is 8.85. The van der Waals surface area contributed by atoms with Gasteiger partial charge in [-0.1, -0.05) is 24.8 Å². The average Bonchev–Trinajstić information content (AvgIpc) is 3.45. The van der Waals surface area contributed by atoms with Crippen molar-refractivity contribution in [2.45, 2.75) is 44.9 Å². The van der Waals surface area contributed by atoms with Gasteiger partial charge >= 0.3 is 5.97 Å². The van der Waals surface area contributed by atoms with Crippen LogP contribution in [0.15, 0.2) is 39.2 Å². The number of rotatable bonds is 6. The highest BCUT2D eigenvalue weighted by molar-refractivity contribution is 7.08. The van der Waals surface area contributed by atoms with Gasteiger partial charge in [0, 0.05) is 19.6 Å². The van der Waals surface area contributed by atoms with E-state index in [9.17, 15) is 4.79 Å². The lowest BCUT2D eigenvalue weighted by Crippen LogP contribution is -2.35. The van der Waals surface area contributed by atoms with Gasteiger partial charge in [-0.15, -0.1) is 0 Å². The van der Waals surface area contributed by atoms with Crippen LogP contribution in [0.1, 0.15) is 56.1 Å². The number of nitrogens with zero attached hydrogens (tertiary/aromatic N) is 1. The molecule has 2 fully saturated rings. The van der Waals surface area contributed by atoms with Gasteiger partial charge in [-0.05, 0) is 76.0 Å². The predicted molar refractivity (Wildman–Crippen MR) is 118 cm³/mol. The van der Waals surface area contributed by atoms with Gasteiger partial charge < -0.3 is 4.74 Å². The molecule has 0 N–H and O–H groups in total. The first kappa shape index (κ1) is 19.9. The summed E-state index contributed by atoms with van der Waals surface area (Å²) in [6, 6.07) is 4.48. The maximum Gasteiger partial charge on any atom is 0.308 e. The first-order valence-corrected chi connectivity index (χ1v) is 12.4. The molecule has 3 heterocycles. The Kier molecular flexibility index (Phi) is 7.00. The quantitative estimate of drug-likeness (QED) is 0.556. The molecule has 4 rings (SSSR count). The molecule has 0 aromatic carbocycles. The summed E-state index contributed by atoms with van der Waals surface area (Å²) >= 11 is 3.53. The topological polar surface area (TPSA) is 29.5 Å². The van der Waals surface area contributed by atoms with Gasteiger partial charge in [0.2, 0.25) is 0 Å². The summed E-state index contributed by atoms with van der Waals surface area (Å²) in [6.45, 7) is 3.50. The highest BCUT2D eigenvalue weighted by Gasteiger charge is 2.23. The van der Waals surface area contributed by atoms with Crippen LogP contribution in [0.5, 0.6) is 0 Å². The van der Waals surface area contributed by atoms with Crippen LogP contribution in [0.25, 0.3) is 5.57 Å². The Hall–Kier alpha value is -1.43. The number of hydrogen-bond donors (Lipinski definition) is 0. The second-order valence-electron chi connectivity index (χ2n) is 7.85. The van der Waals surface area contributed by atoms with E-state index in [1.54, 1.807) is 28.2 Å². The lowest BCUT2D eigenvalue weighted by Gasteiger charge is -2.30. The number of carbonyl (C=O) groups excluding carboxylic acids is 1. The fourth-order valence-corrected chi connectivity index (χ4v) is 5.71. The largest absolute Gasteiger partial charge is 0.464 e. The highest BCUT2D eigenvalue weighted by Crippen LogP contribution is 2.34. The average molecular weight is 416 g/mol. The van der Waals surface area contributed by atoms with E-state index in [2.05, 4.69) is 38.6 Å². The van der Waals surface area contributed by atoms with Gasteiger partial charge in [0.05, 0.1) is 5.92 Å². The van der Waals surface area contributed by atoms with Gasteiger partial charge in [-0.2, -0.15) is 22.7 Å². The third-order valence-electron chi connectivity index (χ3n) is 6.02. The zero-order valence-corrected chi connectivity index (χ0v) is 18.0. The fraction of sp³-hybridized carbons (Fsp3) is 0.522. The third kappa shape index (κ3) is 4.94. The highest BCUT2D eigenvalue weighted by atomic mass is 32.1. The van der Waals surface area contributed by atoms with E-state index in [-0.39, 0.29) is 11.9 Å². The van der Waals surface area contributed by atoms with Crippen molar-refractivity contribution < 1.29 is 9.53 Å². The third-order valence-corrected chi connectivity index (χ3v) is 7.39. The first-order valence-electron chi connectivity index (χ1n) is 10.5. The molecule has 3 nitrogen and oxygen atoms in total. The zero-order valence-electron chi connectivity index (χ0n) is 16.4. The molecule has 1 saturated carbocycles. The number of ether oxygens (including phenoxy) is 1. The molecule has 5 heteroatoms. The van der Waals surface area contributed by atoms with E-state index in [0.717, 1.165) is 45.3 Å². The summed E-state index contributed by atoms with van der Waals surface area (Å²) in [7, 11) is 0. The molecule has 0 unspecified atom stereocenters. The molecule has 0 bridgehead atoms. The summed E-state index contributed by atoms with van der Waals surface area (Å²) in [6.07, 6.45) is 7.85. The van der Waals surface area contributed by atoms with E-state index in [4.69, 9.17) is 4.74 Å². The lowest BCUT2D eigenvalue weighted by atomic mass is 9.89. The Balaban J connectivity index is 1.30. The molecule has 2 aliphatic rings. The maximum absolute atomic E-state index is 12.2. The summed E-state index contributed by atoms with van der Waals surface area (Å²) in [5.41, 5.74) is 5.71. The molecule has 2 aromatic heterocycles. The van der Waals surface area contributed by atoms with E-state index < -0.39 is 0 Å². The van der Waals surface area contributed by atoms with Gasteiger partial charge in [0.15, 0.2) is 0 Å². The summed E-state index contributed by atoms with van der Waals surface area (Å²) in [4.78, 5) is 14.6. The lowest BCUT2D eigenvalue weighted by molar-refractivity contribution is -0.150. The molecule has 1 aliphatic heterocycles. The van der Waals surface area contributed by atoms with Crippen LogP contribution in [0.2, 0.25) is 0 Å². The minimum atomic E-state index is 0.0366. The van der Waals surface area contributed by atoms with Gasteiger partial charge in [-0.25, -0.2) is 0 Å². The smallest absolute Gasteiger partial charge is 0.308 e. The molecular formula is C23H29NO2S2. The Morgan fingerprint density at radius 2 is 1.64 bits per heavy atom. The van der Waals surface area contributed by atoms with Crippen LogP contribution in [0, 0.1) is 5.92 Å². The van der Waals surface area contributed by atoms with Crippen molar-refractivity contribution in [2.75, 3.05) is 26.2 Å². The van der Waals surface area contributed by atoms with Crippen LogP contribution >= 0.6 is 22.7 Å². The zero-order chi connectivity index (χ0) is 19.2. The van der Waals surface area contributed by atoms with Gasteiger partial charge in [0.25, 0.3) is 0 Å². The minimum absolute atomic E-state index is 0.0366. The molecular weight excluding hydrogens is 386 g/mol. The standard InChI is InChI=1S/C23H29NO2S2/c25-23(19-4-2-1-3-5-19)26-13-12-24-10-6-18(7-11-24)22(20-8-14-27-16-20)21-9-15-28-17-21/h8-9,14-17,19H,1-7,10-13H2. The SMILES string of the molecule is O=C(OCCN1CCC(=C(c2ccsc2)c2ccsc2)CC1)C1CCCCC1. The first-order chi connectivity index (χ1) is 13.8. The van der Waals surface area contributed by atoms with Crippen LogP contribution in [-0.4, -0.2) is 37.1 Å². The van der Waals surface area contributed by atoms with Crippen LogP contribution in [0.3, 0.4) is 0 Å². The molecule has 28 heavy (non-hydrogen) atoms. The molecule has 0 radical (unpaired) electrons. The van der Waals surface area contributed by atoms with Gasteiger partial charge in [-0.3, -0.25) is 9.69 Å². The maximum atomic E-state index is 12.2. The van der Waals surface area contributed by atoms with Crippen molar-refractivity contribution in [3.05, 3.63) is 50.4 Å². The Bertz CT molecular complexity index is 727. The van der Waals surface area contributed by atoms with Crippen molar-refractivity contribution in [3.8, 4) is 0 Å². The van der Waals surface area contributed by atoms with E-state index >= 15 is 0 Å². The van der Waals surface area contributed by atoms with Crippen LogP contribution < -0.4 is 0 Å². The monoisotopic (exact) mass is 415 g/mol. The molecule has 150 valence electrons. The number of esters is 1. The van der Waals surface area contributed by atoms with Crippen molar-refractivity contribution in [3.63, 3.8) is 0 Å². The molecule has 2 aromatic rings. The molecule has 1 saturated heterocycles. The molecule has 0 spiro atoms. The minimum Gasteiger partial charge on any atom is -0.464 e. The number of piperidine rings is 1. The Labute approximate surface area is 176 Å². The number of likely N-dealkylation sites (tertiary alicyclic amines) is 1. The number of hydrogen-bond acceptors (Lipinski definition) is 5. The molecule has 1 aliphatic carbocycles. The summed E-state index contributed by atoms with van der Waals surface area (Å²) < 4.78 is 5.59. The van der Waals surface area contributed by atoms with Crippen molar-refractivity contribution in [1.29, 1.82) is 0 Å². The van der Waals surface area contributed by atoms with Gasteiger partial charge in [0.1, 0.15) is 6.61 Å². The van der Waals surface area contributed by atoms with Crippen molar-refractivity contribution in [1.82, 2.24) is 4.90 Å². The second kappa shape index (κ2) is 9.86. The predicted octanol–water partition coefficient (Wildman–Crippen LogP) is 5.83. The van der Waals surface area contributed by atoms with E-state index in [0.29, 0.717) is 6.61 Å². The molecule has 0 atom stereocenters. The van der Waals surface area contributed by atoms with E-state index in [1.807, 2.05) is 0 Å². The van der Waals surface area contributed by atoms with Crippen LogP contribution in [0.4, 0.5) is 0 Å². The van der Waals surface area contributed by atoms with Crippen molar-refractivity contribution in [2.24, 2.45) is 5.92 Å². The fourth-order valence-electron chi connectivity index (χ4n) is 4.42. The number of thiophene rings is 2. The molecule has 0 amide bonds. The second-order valence-corrected chi connectivity index (χ2v) is 9.41. The number of carbonyl (C=O) groups is 1. The van der Waals surface area contributed by atoms with Crippen molar-refractivity contribution >= 4 is 34.2 Å². The Morgan fingerprint density at radius 1 is 1.00 bits per heavy atom. The summed E-state index contributed by atoms with van der Waals surface area (Å²) in [5.74, 6) is 0.193. The van der Waals surface area contributed by atoms with Crippen LogP contribution in [-0.2, 0) is 9.53 Å². The Morgan fingerprint density at radius 3 is 2.21 bits per heavy atom.